The van der Waals surface area contributed by atoms with Crippen LogP contribution in [0.2, 0.25) is 0 Å². The molecule has 0 fully saturated rings. The molecule has 1 aliphatic rings. The van der Waals surface area contributed by atoms with Gasteiger partial charge in [-0.25, -0.2) is 4.98 Å². The lowest BCUT2D eigenvalue weighted by atomic mass is 10.1. The molecule has 4 rings (SSSR count). The molecule has 4 heterocycles. The van der Waals surface area contributed by atoms with Gasteiger partial charge in [-0.05, 0) is 37.4 Å². The van der Waals surface area contributed by atoms with E-state index in [4.69, 9.17) is 9.40 Å². The first-order valence-corrected chi connectivity index (χ1v) is 8.54. The number of nitrogens with zero attached hydrogens (tertiary/aromatic N) is 3. The number of rotatable bonds is 3. The molecule has 0 saturated heterocycles. The Morgan fingerprint density at radius 2 is 2.27 bits per heavy atom. The van der Waals surface area contributed by atoms with E-state index in [1.807, 2.05) is 6.92 Å². The summed E-state index contributed by atoms with van der Waals surface area (Å²) in [5, 5.41) is 4.13. The van der Waals surface area contributed by atoms with Gasteiger partial charge in [0.05, 0.1) is 5.69 Å². The summed E-state index contributed by atoms with van der Waals surface area (Å²) in [6, 6.07) is 6.80. The Balaban J connectivity index is 1.57. The van der Waals surface area contributed by atoms with Crippen molar-refractivity contribution in [3.8, 4) is 11.5 Å². The largest absolute Gasteiger partial charge is 0.441 e. The van der Waals surface area contributed by atoms with Gasteiger partial charge in [0.15, 0.2) is 0 Å². The highest BCUT2D eigenvalue weighted by molar-refractivity contribution is 7.08. The Labute approximate surface area is 134 Å². The zero-order valence-electron chi connectivity index (χ0n) is 12.8. The number of hydrogen-bond acceptors (Lipinski definition) is 4. The number of aryl methyl sites for hydroxylation is 1. The molecule has 0 saturated carbocycles. The van der Waals surface area contributed by atoms with Crippen LogP contribution in [0.3, 0.4) is 0 Å². The summed E-state index contributed by atoms with van der Waals surface area (Å²) in [5.41, 5.74) is 3.50. The molecule has 0 aliphatic carbocycles. The van der Waals surface area contributed by atoms with E-state index in [1.165, 1.54) is 5.69 Å². The first-order chi connectivity index (χ1) is 10.7. The standard InChI is InChI=1S/C17H19N3OS/c1-12-16-4-3-6-19(16)7-8-20(12)10-15-13(2)21-17(18-15)14-5-9-22-11-14/h3-6,9,11-12H,7-8,10H2,1-2H3. The third-order valence-electron chi connectivity index (χ3n) is 4.48. The van der Waals surface area contributed by atoms with Crippen molar-refractivity contribution in [2.75, 3.05) is 6.54 Å². The van der Waals surface area contributed by atoms with Gasteiger partial charge in [-0.2, -0.15) is 11.3 Å². The Hall–Kier alpha value is -1.85. The molecule has 0 aromatic carbocycles. The summed E-state index contributed by atoms with van der Waals surface area (Å²) in [5.74, 6) is 1.66. The van der Waals surface area contributed by atoms with Crippen LogP contribution in [0.5, 0.6) is 0 Å². The molecule has 0 bridgehead atoms. The fraction of sp³-hybridized carbons (Fsp3) is 0.353. The molecule has 0 N–H and O–H groups in total. The monoisotopic (exact) mass is 313 g/mol. The van der Waals surface area contributed by atoms with Gasteiger partial charge in [-0.3, -0.25) is 4.90 Å². The number of thiophene rings is 1. The molecule has 0 radical (unpaired) electrons. The van der Waals surface area contributed by atoms with Gasteiger partial charge >= 0.3 is 0 Å². The van der Waals surface area contributed by atoms with Crippen molar-refractivity contribution in [3.05, 3.63) is 52.3 Å². The molecule has 22 heavy (non-hydrogen) atoms. The topological polar surface area (TPSA) is 34.2 Å². The van der Waals surface area contributed by atoms with Crippen molar-refractivity contribution in [2.24, 2.45) is 0 Å². The SMILES string of the molecule is Cc1oc(-c2ccsc2)nc1CN1CCn2cccc2C1C. The number of aromatic nitrogens is 2. The minimum absolute atomic E-state index is 0.407. The van der Waals surface area contributed by atoms with E-state index in [0.29, 0.717) is 6.04 Å². The molecule has 4 nitrogen and oxygen atoms in total. The maximum Gasteiger partial charge on any atom is 0.227 e. The second-order valence-electron chi connectivity index (χ2n) is 5.81. The second-order valence-corrected chi connectivity index (χ2v) is 6.59. The first kappa shape index (κ1) is 13.8. The Bertz CT molecular complexity index is 772. The third kappa shape index (κ3) is 2.30. The van der Waals surface area contributed by atoms with E-state index in [-0.39, 0.29) is 0 Å². The van der Waals surface area contributed by atoms with Crippen LogP contribution in [-0.2, 0) is 13.1 Å². The summed E-state index contributed by atoms with van der Waals surface area (Å²) in [4.78, 5) is 7.19. The third-order valence-corrected chi connectivity index (χ3v) is 5.17. The van der Waals surface area contributed by atoms with Gasteiger partial charge < -0.3 is 8.98 Å². The van der Waals surface area contributed by atoms with E-state index in [1.54, 1.807) is 11.3 Å². The van der Waals surface area contributed by atoms with Gasteiger partial charge in [0.2, 0.25) is 5.89 Å². The zero-order chi connectivity index (χ0) is 15.1. The van der Waals surface area contributed by atoms with Gasteiger partial charge in [-0.15, -0.1) is 0 Å². The molecule has 0 spiro atoms. The van der Waals surface area contributed by atoms with Crippen molar-refractivity contribution < 1.29 is 4.42 Å². The molecule has 1 unspecified atom stereocenters. The normalized spacial score (nSPS) is 18.5. The predicted molar refractivity (Wildman–Crippen MR) is 87.8 cm³/mol. The highest BCUT2D eigenvalue weighted by atomic mass is 32.1. The number of oxazole rings is 1. The summed E-state index contributed by atoms with van der Waals surface area (Å²) in [6.07, 6.45) is 2.17. The van der Waals surface area contributed by atoms with Crippen molar-refractivity contribution >= 4 is 11.3 Å². The summed E-state index contributed by atoms with van der Waals surface area (Å²) in [6.45, 7) is 7.20. The van der Waals surface area contributed by atoms with Crippen LogP contribution in [-0.4, -0.2) is 21.0 Å². The fourth-order valence-electron chi connectivity index (χ4n) is 3.12. The van der Waals surface area contributed by atoms with Gasteiger partial charge in [0.25, 0.3) is 0 Å². The molecule has 5 heteroatoms. The van der Waals surface area contributed by atoms with Crippen molar-refractivity contribution in [1.29, 1.82) is 0 Å². The quantitative estimate of drug-likeness (QED) is 0.730. The van der Waals surface area contributed by atoms with Crippen LogP contribution in [0.25, 0.3) is 11.5 Å². The lowest BCUT2D eigenvalue weighted by Crippen LogP contribution is -2.36. The van der Waals surface area contributed by atoms with Gasteiger partial charge in [0.1, 0.15) is 5.76 Å². The fourth-order valence-corrected chi connectivity index (χ4v) is 3.75. The van der Waals surface area contributed by atoms with E-state index < -0.39 is 0 Å². The molecular weight excluding hydrogens is 294 g/mol. The molecule has 3 aromatic rings. The highest BCUT2D eigenvalue weighted by Crippen LogP contribution is 2.29. The van der Waals surface area contributed by atoms with Crippen LogP contribution in [0.4, 0.5) is 0 Å². The van der Waals surface area contributed by atoms with Gasteiger partial charge in [0, 0.05) is 48.5 Å². The maximum atomic E-state index is 5.85. The summed E-state index contributed by atoms with van der Waals surface area (Å²) >= 11 is 1.67. The summed E-state index contributed by atoms with van der Waals surface area (Å²) < 4.78 is 8.19. The number of hydrogen-bond donors (Lipinski definition) is 0. The molecule has 114 valence electrons. The van der Waals surface area contributed by atoms with E-state index in [9.17, 15) is 0 Å². The average molecular weight is 313 g/mol. The molecule has 1 atom stereocenters. The van der Waals surface area contributed by atoms with Crippen LogP contribution in [0.15, 0.2) is 39.6 Å². The van der Waals surface area contributed by atoms with Crippen molar-refractivity contribution in [3.63, 3.8) is 0 Å². The predicted octanol–water partition coefficient (Wildman–Crippen LogP) is 4.09. The highest BCUT2D eigenvalue weighted by Gasteiger charge is 2.25. The van der Waals surface area contributed by atoms with Crippen LogP contribution in [0.1, 0.15) is 30.1 Å². The van der Waals surface area contributed by atoms with Crippen LogP contribution >= 0.6 is 11.3 Å². The second kappa shape index (κ2) is 5.41. The minimum atomic E-state index is 0.407. The van der Waals surface area contributed by atoms with Crippen LogP contribution in [0, 0.1) is 6.92 Å². The Kier molecular flexibility index (Phi) is 3.39. The van der Waals surface area contributed by atoms with Crippen LogP contribution < -0.4 is 0 Å². The van der Waals surface area contributed by atoms with E-state index in [0.717, 1.165) is 42.5 Å². The van der Waals surface area contributed by atoms with E-state index in [2.05, 4.69) is 51.5 Å². The first-order valence-electron chi connectivity index (χ1n) is 7.60. The maximum absolute atomic E-state index is 5.85. The lowest BCUT2D eigenvalue weighted by molar-refractivity contribution is 0.158. The zero-order valence-corrected chi connectivity index (χ0v) is 13.6. The molecular formula is C17H19N3OS. The molecule has 3 aromatic heterocycles. The lowest BCUT2D eigenvalue weighted by Gasteiger charge is -2.34. The van der Waals surface area contributed by atoms with Crippen molar-refractivity contribution in [2.45, 2.75) is 33.0 Å². The number of fused-ring (bicyclic) bond motifs is 1. The smallest absolute Gasteiger partial charge is 0.227 e. The Morgan fingerprint density at radius 1 is 1.36 bits per heavy atom. The van der Waals surface area contributed by atoms with E-state index >= 15 is 0 Å². The molecule has 1 aliphatic heterocycles. The Morgan fingerprint density at radius 3 is 3.09 bits per heavy atom. The van der Waals surface area contributed by atoms with Gasteiger partial charge in [-0.1, -0.05) is 0 Å². The summed E-state index contributed by atoms with van der Waals surface area (Å²) in [7, 11) is 0. The average Bonchev–Trinajstić information content (AvgIpc) is 3.23. The molecule has 0 amide bonds. The van der Waals surface area contributed by atoms with Crippen molar-refractivity contribution in [1.82, 2.24) is 14.5 Å². The minimum Gasteiger partial charge on any atom is -0.441 e.